The van der Waals surface area contributed by atoms with E-state index in [1.54, 1.807) is 0 Å². The molecule has 1 aromatic carbocycles. The smallest absolute Gasteiger partial charge is 0.0410 e. The van der Waals surface area contributed by atoms with Crippen LogP contribution in [-0.4, -0.2) is 25.2 Å². The summed E-state index contributed by atoms with van der Waals surface area (Å²) < 4.78 is 1.20. The van der Waals surface area contributed by atoms with Crippen LogP contribution in [-0.2, 0) is 0 Å². The fourth-order valence-electron chi connectivity index (χ4n) is 2.80. The maximum absolute atomic E-state index is 3.70. The van der Waals surface area contributed by atoms with Gasteiger partial charge in [0, 0.05) is 35.3 Å². The van der Waals surface area contributed by atoms with Gasteiger partial charge in [0.05, 0.1) is 0 Å². The zero-order chi connectivity index (χ0) is 14.0. The lowest BCUT2D eigenvalue weighted by Gasteiger charge is -2.43. The van der Waals surface area contributed by atoms with Gasteiger partial charge in [-0.2, -0.15) is 0 Å². The first-order valence-corrected chi connectivity index (χ1v) is 8.09. The molecule has 3 atom stereocenters. The van der Waals surface area contributed by atoms with Gasteiger partial charge in [-0.1, -0.05) is 42.3 Å². The monoisotopic (exact) mass is 324 g/mol. The second-order valence-electron chi connectivity index (χ2n) is 5.79. The van der Waals surface area contributed by atoms with Crippen molar-refractivity contribution in [3.8, 4) is 0 Å². The van der Waals surface area contributed by atoms with E-state index in [0.717, 1.165) is 19.0 Å². The Labute approximate surface area is 125 Å². The fraction of sp³-hybridized carbons (Fsp3) is 0.625. The van der Waals surface area contributed by atoms with Gasteiger partial charge in [-0.3, -0.25) is 0 Å². The minimum Gasteiger partial charge on any atom is -0.366 e. The lowest BCUT2D eigenvalue weighted by molar-refractivity contribution is 0.315. The van der Waals surface area contributed by atoms with Crippen molar-refractivity contribution >= 4 is 21.6 Å². The van der Waals surface area contributed by atoms with E-state index >= 15 is 0 Å². The van der Waals surface area contributed by atoms with Crippen LogP contribution >= 0.6 is 15.9 Å². The highest BCUT2D eigenvalue weighted by Gasteiger charge is 2.28. The number of nitrogens with one attached hydrogen (secondary N) is 1. The molecule has 1 fully saturated rings. The zero-order valence-corrected chi connectivity index (χ0v) is 14.0. The largest absolute Gasteiger partial charge is 0.366 e. The molecule has 1 N–H and O–H groups in total. The van der Waals surface area contributed by atoms with E-state index in [1.165, 1.54) is 22.1 Å². The van der Waals surface area contributed by atoms with Crippen molar-refractivity contribution in [2.24, 2.45) is 5.92 Å². The molecule has 1 aliphatic rings. The van der Waals surface area contributed by atoms with Crippen LogP contribution in [0.1, 0.15) is 32.8 Å². The van der Waals surface area contributed by atoms with Gasteiger partial charge in [-0.15, -0.1) is 0 Å². The van der Waals surface area contributed by atoms with Gasteiger partial charge in [-0.25, -0.2) is 0 Å². The summed E-state index contributed by atoms with van der Waals surface area (Å²) in [5.41, 5.74) is 2.72. The Bertz CT molecular complexity index is 433. The van der Waals surface area contributed by atoms with Crippen LogP contribution in [0.5, 0.6) is 0 Å². The van der Waals surface area contributed by atoms with Gasteiger partial charge in [0.15, 0.2) is 0 Å². The number of rotatable bonds is 3. The average Bonchev–Trinajstić information content (AvgIpc) is 2.42. The summed E-state index contributed by atoms with van der Waals surface area (Å²) in [4.78, 5) is 2.56. The van der Waals surface area contributed by atoms with Crippen molar-refractivity contribution in [3.05, 3.63) is 28.2 Å². The lowest BCUT2D eigenvalue weighted by Crippen LogP contribution is -2.57. The Morgan fingerprint density at radius 3 is 2.89 bits per heavy atom. The molecule has 0 radical (unpaired) electrons. The zero-order valence-electron chi connectivity index (χ0n) is 12.4. The average molecular weight is 325 g/mol. The predicted octanol–water partition coefficient (Wildman–Crippen LogP) is 3.97. The number of anilines is 1. The SMILES string of the molecule is CCC(C)C1CN(c2cccc(Br)c2C)C(C)CN1. The molecule has 1 aromatic rings. The third kappa shape index (κ3) is 3.14. The molecular formula is C16H25BrN2. The van der Waals surface area contributed by atoms with Crippen molar-refractivity contribution < 1.29 is 0 Å². The van der Waals surface area contributed by atoms with Gasteiger partial charge in [0.25, 0.3) is 0 Å². The maximum Gasteiger partial charge on any atom is 0.0410 e. The Kier molecular flexibility index (Phi) is 4.91. The van der Waals surface area contributed by atoms with Crippen molar-refractivity contribution in [1.29, 1.82) is 0 Å². The summed E-state index contributed by atoms with van der Waals surface area (Å²) in [5, 5.41) is 3.70. The molecule has 19 heavy (non-hydrogen) atoms. The number of nitrogens with zero attached hydrogens (tertiary/aromatic N) is 1. The molecule has 1 heterocycles. The molecule has 1 saturated heterocycles. The van der Waals surface area contributed by atoms with Crippen LogP contribution in [0, 0.1) is 12.8 Å². The van der Waals surface area contributed by atoms with Gasteiger partial charge >= 0.3 is 0 Å². The molecule has 0 saturated carbocycles. The lowest BCUT2D eigenvalue weighted by atomic mass is 9.95. The molecular weight excluding hydrogens is 300 g/mol. The summed E-state index contributed by atoms with van der Waals surface area (Å²) in [7, 11) is 0. The number of halogens is 1. The number of piperazine rings is 1. The van der Waals surface area contributed by atoms with Crippen molar-refractivity contribution in [3.63, 3.8) is 0 Å². The van der Waals surface area contributed by atoms with Crippen LogP contribution in [0.4, 0.5) is 5.69 Å². The molecule has 0 aromatic heterocycles. The van der Waals surface area contributed by atoms with Gasteiger partial charge in [0.2, 0.25) is 0 Å². The van der Waals surface area contributed by atoms with Gasteiger partial charge in [-0.05, 0) is 37.5 Å². The third-order valence-electron chi connectivity index (χ3n) is 4.48. The molecule has 0 spiro atoms. The summed E-state index contributed by atoms with van der Waals surface area (Å²) in [6.45, 7) is 11.3. The fourth-order valence-corrected chi connectivity index (χ4v) is 3.15. The van der Waals surface area contributed by atoms with E-state index in [9.17, 15) is 0 Å². The van der Waals surface area contributed by atoms with E-state index in [4.69, 9.17) is 0 Å². The Hall–Kier alpha value is -0.540. The molecule has 2 nitrogen and oxygen atoms in total. The van der Waals surface area contributed by atoms with Crippen molar-refractivity contribution in [1.82, 2.24) is 5.32 Å². The summed E-state index contributed by atoms with van der Waals surface area (Å²) >= 11 is 3.65. The second-order valence-corrected chi connectivity index (χ2v) is 6.64. The van der Waals surface area contributed by atoms with E-state index in [1.807, 2.05) is 0 Å². The number of hydrogen-bond donors (Lipinski definition) is 1. The highest BCUT2D eigenvalue weighted by atomic mass is 79.9. The first kappa shape index (κ1) is 14.9. The minimum absolute atomic E-state index is 0.549. The summed E-state index contributed by atoms with van der Waals surface area (Å²) in [6, 6.07) is 7.65. The standard InChI is InChI=1S/C16H25BrN2/c1-5-11(2)15-10-19(12(3)9-18-15)16-8-6-7-14(17)13(16)4/h6-8,11-12,15,18H,5,9-10H2,1-4H3. The van der Waals surface area contributed by atoms with Crippen LogP contribution in [0.25, 0.3) is 0 Å². The first-order valence-electron chi connectivity index (χ1n) is 7.29. The van der Waals surface area contributed by atoms with Crippen LogP contribution < -0.4 is 10.2 Å². The third-order valence-corrected chi connectivity index (χ3v) is 5.34. The molecule has 0 aliphatic carbocycles. The van der Waals surface area contributed by atoms with Crippen LogP contribution in [0.15, 0.2) is 22.7 Å². The van der Waals surface area contributed by atoms with Crippen LogP contribution in [0.2, 0.25) is 0 Å². The topological polar surface area (TPSA) is 15.3 Å². The van der Waals surface area contributed by atoms with Gasteiger partial charge in [0.1, 0.15) is 0 Å². The quantitative estimate of drug-likeness (QED) is 0.905. The van der Waals surface area contributed by atoms with E-state index < -0.39 is 0 Å². The Balaban J connectivity index is 2.24. The van der Waals surface area contributed by atoms with E-state index in [2.05, 4.69) is 72.0 Å². The Morgan fingerprint density at radius 2 is 2.21 bits per heavy atom. The maximum atomic E-state index is 3.70. The molecule has 3 unspecified atom stereocenters. The highest BCUT2D eigenvalue weighted by molar-refractivity contribution is 9.10. The number of benzene rings is 1. The van der Waals surface area contributed by atoms with E-state index in [-0.39, 0.29) is 0 Å². The summed E-state index contributed by atoms with van der Waals surface area (Å²) in [5.74, 6) is 0.724. The van der Waals surface area contributed by atoms with Crippen LogP contribution in [0.3, 0.4) is 0 Å². The van der Waals surface area contributed by atoms with E-state index in [0.29, 0.717) is 12.1 Å². The Morgan fingerprint density at radius 1 is 1.47 bits per heavy atom. The number of hydrogen-bond acceptors (Lipinski definition) is 2. The normalized spacial score (nSPS) is 25.4. The second kappa shape index (κ2) is 6.27. The van der Waals surface area contributed by atoms with Crippen molar-refractivity contribution in [2.75, 3.05) is 18.0 Å². The molecule has 1 aliphatic heterocycles. The predicted molar refractivity (Wildman–Crippen MR) is 86.9 cm³/mol. The molecule has 106 valence electrons. The molecule has 3 heteroatoms. The van der Waals surface area contributed by atoms with Gasteiger partial charge < -0.3 is 10.2 Å². The minimum atomic E-state index is 0.549. The molecule has 2 rings (SSSR count). The highest BCUT2D eigenvalue weighted by Crippen LogP contribution is 2.30. The summed E-state index contributed by atoms with van der Waals surface area (Å²) in [6.07, 6.45) is 1.23. The van der Waals surface area contributed by atoms with Crippen molar-refractivity contribution in [2.45, 2.75) is 46.2 Å². The first-order chi connectivity index (χ1) is 9.04. The molecule has 0 amide bonds. The molecule has 0 bridgehead atoms.